The molecule has 8 heteroatoms. The highest BCUT2D eigenvalue weighted by Crippen LogP contribution is 2.31. The molecule has 0 saturated carbocycles. The number of hydrogen-bond donors (Lipinski definition) is 1. The van der Waals surface area contributed by atoms with E-state index >= 15 is 0 Å². The fourth-order valence-corrected chi connectivity index (χ4v) is 4.49. The average molecular weight is 577 g/mol. The van der Waals surface area contributed by atoms with Gasteiger partial charge in [0.05, 0.1) is 17.8 Å². The van der Waals surface area contributed by atoms with Gasteiger partial charge in [-0.15, -0.1) is 12.4 Å². The van der Waals surface area contributed by atoms with Crippen LogP contribution < -0.4 is 14.8 Å². The molecule has 0 saturated heterocycles. The summed E-state index contributed by atoms with van der Waals surface area (Å²) in [6.45, 7) is 1.95. The van der Waals surface area contributed by atoms with E-state index in [1.165, 1.54) is 0 Å². The number of likely N-dealkylation sites (N-methyl/N-ethyl adjacent to an activating group) is 1. The number of nitrogens with zero attached hydrogens (tertiary/aromatic N) is 2. The van der Waals surface area contributed by atoms with Gasteiger partial charge >= 0.3 is 0 Å². The molecule has 206 valence electrons. The molecule has 0 radical (unpaired) electrons. The van der Waals surface area contributed by atoms with E-state index in [0.717, 1.165) is 28.9 Å². The molecule has 1 aliphatic heterocycles. The predicted molar refractivity (Wildman–Crippen MR) is 162 cm³/mol. The minimum Gasteiger partial charge on any atom is -0.485 e. The predicted octanol–water partition coefficient (Wildman–Crippen LogP) is 6.87. The van der Waals surface area contributed by atoms with Gasteiger partial charge in [0, 0.05) is 18.6 Å². The molecule has 4 aromatic rings. The maximum Gasteiger partial charge on any atom is 0.256 e. The summed E-state index contributed by atoms with van der Waals surface area (Å²) < 4.78 is 12.4. The first kappa shape index (κ1) is 29.0. The van der Waals surface area contributed by atoms with E-state index < -0.39 is 0 Å². The van der Waals surface area contributed by atoms with Crippen LogP contribution in [0.4, 0.5) is 5.69 Å². The van der Waals surface area contributed by atoms with E-state index in [9.17, 15) is 4.79 Å². The molecule has 0 fully saturated rings. The van der Waals surface area contributed by atoms with Crippen LogP contribution in [-0.2, 0) is 19.6 Å². The van der Waals surface area contributed by atoms with Gasteiger partial charge in [-0.2, -0.15) is 0 Å². The number of amidine groups is 1. The third-order valence-corrected chi connectivity index (χ3v) is 6.64. The zero-order chi connectivity index (χ0) is 27.0. The molecule has 0 aromatic heterocycles. The van der Waals surface area contributed by atoms with Crippen LogP contribution in [-0.4, -0.2) is 36.8 Å². The Morgan fingerprint density at radius 1 is 0.825 bits per heavy atom. The SMILES string of the molecule is CN1CC(NCCc2ccc(OCc3ccccc3)c(OCc3ccccc3)c2)=Nc2ccc(Cl)cc2C1=O.Cl. The molecule has 0 bridgehead atoms. The summed E-state index contributed by atoms with van der Waals surface area (Å²) in [7, 11) is 1.76. The number of carbonyl (C=O) groups is 1. The van der Waals surface area contributed by atoms with Crippen LogP contribution >= 0.6 is 24.0 Å². The van der Waals surface area contributed by atoms with Crippen LogP contribution in [0.5, 0.6) is 11.5 Å². The molecular weight excluding hydrogens is 545 g/mol. The number of amides is 1. The van der Waals surface area contributed by atoms with Crippen molar-refractivity contribution in [1.82, 2.24) is 10.2 Å². The Kier molecular flexibility index (Phi) is 10.1. The lowest BCUT2D eigenvalue weighted by molar-refractivity contribution is 0.0816. The minimum atomic E-state index is -0.0978. The summed E-state index contributed by atoms with van der Waals surface area (Å²) in [5.74, 6) is 2.04. The van der Waals surface area contributed by atoms with Gasteiger partial charge in [0.15, 0.2) is 11.5 Å². The average Bonchev–Trinajstić information content (AvgIpc) is 3.08. The molecule has 1 N–H and O–H groups in total. The Labute approximate surface area is 246 Å². The van der Waals surface area contributed by atoms with E-state index in [-0.39, 0.29) is 18.3 Å². The molecule has 0 unspecified atom stereocenters. The monoisotopic (exact) mass is 575 g/mol. The smallest absolute Gasteiger partial charge is 0.256 e. The minimum absolute atomic E-state index is 0. The normalized spacial score (nSPS) is 12.5. The summed E-state index contributed by atoms with van der Waals surface area (Å²) in [6.07, 6.45) is 0.741. The number of rotatable bonds is 9. The summed E-state index contributed by atoms with van der Waals surface area (Å²) in [5, 5.41) is 3.92. The van der Waals surface area contributed by atoms with Gasteiger partial charge in [-0.1, -0.05) is 78.3 Å². The molecular formula is C32H31Cl2N3O3. The third-order valence-electron chi connectivity index (χ3n) is 6.40. The van der Waals surface area contributed by atoms with E-state index in [2.05, 4.69) is 11.4 Å². The molecule has 0 spiro atoms. The first-order valence-electron chi connectivity index (χ1n) is 12.9. The Balaban J connectivity index is 0.00000370. The van der Waals surface area contributed by atoms with Gasteiger partial charge in [-0.05, 0) is 53.4 Å². The van der Waals surface area contributed by atoms with Crippen LogP contribution in [0.1, 0.15) is 27.0 Å². The van der Waals surface area contributed by atoms with Crippen molar-refractivity contribution in [2.24, 2.45) is 4.99 Å². The van der Waals surface area contributed by atoms with Gasteiger partial charge < -0.3 is 19.7 Å². The lowest BCUT2D eigenvalue weighted by Gasteiger charge is -2.17. The molecule has 1 amide bonds. The second kappa shape index (κ2) is 13.9. The topological polar surface area (TPSA) is 63.2 Å². The maximum absolute atomic E-state index is 12.7. The lowest BCUT2D eigenvalue weighted by atomic mass is 10.1. The van der Waals surface area contributed by atoms with Crippen LogP contribution in [0.3, 0.4) is 0 Å². The van der Waals surface area contributed by atoms with Crippen molar-refractivity contribution in [3.05, 3.63) is 124 Å². The summed E-state index contributed by atoms with van der Waals surface area (Å²) >= 11 is 6.11. The second-order valence-electron chi connectivity index (χ2n) is 9.39. The van der Waals surface area contributed by atoms with E-state index in [1.807, 2.05) is 72.8 Å². The third kappa shape index (κ3) is 7.56. The van der Waals surface area contributed by atoms with Crippen LogP contribution in [0.2, 0.25) is 5.02 Å². The second-order valence-corrected chi connectivity index (χ2v) is 9.82. The largest absolute Gasteiger partial charge is 0.485 e. The zero-order valence-corrected chi connectivity index (χ0v) is 23.8. The molecule has 40 heavy (non-hydrogen) atoms. The maximum atomic E-state index is 12.7. The highest BCUT2D eigenvalue weighted by atomic mass is 35.5. The van der Waals surface area contributed by atoms with Crippen molar-refractivity contribution in [2.75, 3.05) is 20.1 Å². The number of ether oxygens (including phenoxy) is 2. The summed E-state index contributed by atoms with van der Waals surface area (Å²) in [4.78, 5) is 19.1. The summed E-state index contributed by atoms with van der Waals surface area (Å²) in [5.41, 5.74) is 4.41. The number of carbonyl (C=O) groups excluding carboxylic acids is 1. The number of nitrogens with one attached hydrogen (secondary N) is 1. The number of halogens is 2. The first-order chi connectivity index (χ1) is 19.0. The van der Waals surface area contributed by atoms with Gasteiger partial charge in [0.25, 0.3) is 5.91 Å². The van der Waals surface area contributed by atoms with Gasteiger partial charge in [0.1, 0.15) is 19.0 Å². The Bertz CT molecular complexity index is 1460. The van der Waals surface area contributed by atoms with Crippen molar-refractivity contribution >= 4 is 41.4 Å². The standard InChI is InChI=1S/C32H30ClN3O3.ClH/c1-36-20-31(35-28-14-13-26(33)19-27(28)32(36)37)34-17-16-23-12-15-29(38-21-24-8-4-2-5-9-24)30(18-23)39-22-25-10-6-3-7-11-25;/h2-15,18-19H,16-17,20-22H2,1H3,(H,34,35);1H. The Morgan fingerprint density at radius 2 is 1.48 bits per heavy atom. The van der Waals surface area contributed by atoms with Crippen LogP contribution in [0.25, 0.3) is 0 Å². The van der Waals surface area contributed by atoms with Gasteiger partial charge in [-0.3, -0.25) is 4.79 Å². The Morgan fingerprint density at radius 3 is 2.15 bits per heavy atom. The number of aliphatic imine (C=N–C) groups is 1. The quantitative estimate of drug-likeness (QED) is 0.236. The van der Waals surface area contributed by atoms with E-state index in [1.54, 1.807) is 30.1 Å². The number of benzene rings is 4. The van der Waals surface area contributed by atoms with E-state index in [4.69, 9.17) is 26.1 Å². The van der Waals surface area contributed by atoms with Crippen LogP contribution in [0.15, 0.2) is 102 Å². The van der Waals surface area contributed by atoms with Gasteiger partial charge in [0.2, 0.25) is 0 Å². The molecule has 5 rings (SSSR count). The first-order valence-corrected chi connectivity index (χ1v) is 13.3. The van der Waals surface area contributed by atoms with Crippen molar-refractivity contribution < 1.29 is 14.3 Å². The van der Waals surface area contributed by atoms with Crippen molar-refractivity contribution in [3.8, 4) is 11.5 Å². The molecule has 6 nitrogen and oxygen atoms in total. The number of hydrogen-bond acceptors (Lipinski definition) is 5. The molecule has 1 heterocycles. The molecule has 0 aliphatic carbocycles. The fourth-order valence-electron chi connectivity index (χ4n) is 4.32. The Hall–Kier alpha value is -4.00. The van der Waals surface area contributed by atoms with E-state index in [0.29, 0.717) is 54.1 Å². The highest BCUT2D eigenvalue weighted by Gasteiger charge is 2.21. The molecule has 1 aliphatic rings. The highest BCUT2D eigenvalue weighted by molar-refractivity contribution is 6.31. The van der Waals surface area contributed by atoms with Crippen LogP contribution in [0, 0.1) is 0 Å². The lowest BCUT2D eigenvalue weighted by Crippen LogP contribution is -2.37. The van der Waals surface area contributed by atoms with Crippen molar-refractivity contribution in [2.45, 2.75) is 19.6 Å². The van der Waals surface area contributed by atoms with Crippen molar-refractivity contribution in [3.63, 3.8) is 0 Å². The number of fused-ring (bicyclic) bond motifs is 1. The fraction of sp³-hybridized carbons (Fsp3) is 0.188. The molecule has 4 aromatic carbocycles. The zero-order valence-electron chi connectivity index (χ0n) is 22.2. The van der Waals surface area contributed by atoms with Crippen molar-refractivity contribution in [1.29, 1.82) is 0 Å². The van der Waals surface area contributed by atoms with Gasteiger partial charge in [-0.25, -0.2) is 4.99 Å². The summed E-state index contributed by atoms with van der Waals surface area (Å²) in [6, 6.07) is 31.4. The molecule has 0 atom stereocenters.